The summed E-state index contributed by atoms with van der Waals surface area (Å²) in [6, 6.07) is 15.6. The van der Waals surface area contributed by atoms with Crippen LogP contribution in [0.4, 0.5) is 0 Å². The fraction of sp³-hybridized carbons (Fsp3) is 0.182. The predicted molar refractivity (Wildman–Crippen MR) is 98.9 cm³/mol. The molecule has 0 aliphatic heterocycles. The summed E-state index contributed by atoms with van der Waals surface area (Å²) in [6.07, 6.45) is 0.628. The van der Waals surface area contributed by atoms with Crippen molar-refractivity contribution in [2.75, 3.05) is 0 Å². The molecule has 24 heavy (non-hydrogen) atoms. The molecular formula is C22H22O2. The van der Waals surface area contributed by atoms with E-state index >= 15 is 0 Å². The van der Waals surface area contributed by atoms with Gasteiger partial charge in [0.2, 0.25) is 0 Å². The van der Waals surface area contributed by atoms with Crippen molar-refractivity contribution < 1.29 is 9.59 Å². The molecule has 0 atom stereocenters. The topological polar surface area (TPSA) is 34.1 Å². The zero-order valence-electron chi connectivity index (χ0n) is 14.3. The molecule has 2 aromatic carbocycles. The number of allylic oxidation sites excluding steroid dienone is 2. The number of carbonyl (C=O) groups excluding carboxylic acids is 2. The second kappa shape index (κ2) is 7.69. The average molecular weight is 318 g/mol. The van der Waals surface area contributed by atoms with Gasteiger partial charge in [-0.1, -0.05) is 61.7 Å². The van der Waals surface area contributed by atoms with Gasteiger partial charge in [0.1, 0.15) is 0 Å². The zero-order chi connectivity index (χ0) is 17.7. The van der Waals surface area contributed by atoms with E-state index < -0.39 is 0 Å². The lowest BCUT2D eigenvalue weighted by Gasteiger charge is -2.13. The van der Waals surface area contributed by atoms with Crippen molar-refractivity contribution >= 4 is 11.6 Å². The molecule has 0 saturated carbocycles. The van der Waals surface area contributed by atoms with Crippen molar-refractivity contribution in [3.8, 4) is 11.1 Å². The summed E-state index contributed by atoms with van der Waals surface area (Å²) in [7, 11) is 0. The summed E-state index contributed by atoms with van der Waals surface area (Å²) in [5.41, 5.74) is 4.96. The minimum absolute atomic E-state index is 0.0259. The molecule has 0 bridgehead atoms. The van der Waals surface area contributed by atoms with Crippen molar-refractivity contribution in [3.05, 3.63) is 84.0 Å². The third kappa shape index (κ3) is 4.17. The minimum Gasteiger partial charge on any atom is -0.294 e. The van der Waals surface area contributed by atoms with Crippen LogP contribution in [0.15, 0.2) is 72.8 Å². The van der Waals surface area contributed by atoms with E-state index in [1.165, 1.54) is 0 Å². The third-order valence-electron chi connectivity index (χ3n) is 3.98. The summed E-state index contributed by atoms with van der Waals surface area (Å²) in [6.45, 7) is 10.9. The Hall–Kier alpha value is -2.74. The molecule has 0 heterocycles. The molecule has 2 nitrogen and oxygen atoms in total. The first kappa shape index (κ1) is 17.6. The normalized spacial score (nSPS) is 10.2. The van der Waals surface area contributed by atoms with E-state index in [0.29, 0.717) is 24.0 Å². The maximum atomic E-state index is 12.1. The zero-order valence-corrected chi connectivity index (χ0v) is 14.3. The van der Waals surface area contributed by atoms with Gasteiger partial charge in [-0.3, -0.25) is 9.59 Å². The lowest BCUT2D eigenvalue weighted by atomic mass is 9.90. The van der Waals surface area contributed by atoms with Gasteiger partial charge in [-0.25, -0.2) is 0 Å². The monoisotopic (exact) mass is 318 g/mol. The highest BCUT2D eigenvalue weighted by atomic mass is 16.1. The van der Waals surface area contributed by atoms with E-state index in [4.69, 9.17) is 0 Å². The molecule has 0 amide bonds. The summed E-state index contributed by atoms with van der Waals surface area (Å²) >= 11 is 0. The van der Waals surface area contributed by atoms with Gasteiger partial charge in [0.25, 0.3) is 0 Å². The van der Waals surface area contributed by atoms with Crippen molar-refractivity contribution in [3.63, 3.8) is 0 Å². The molecule has 0 unspecified atom stereocenters. The van der Waals surface area contributed by atoms with Crippen LogP contribution in [-0.4, -0.2) is 11.6 Å². The Morgan fingerprint density at radius 2 is 1.04 bits per heavy atom. The molecule has 0 spiro atoms. The summed E-state index contributed by atoms with van der Waals surface area (Å²) in [5.74, 6) is 0.0517. The van der Waals surface area contributed by atoms with Gasteiger partial charge in [0.05, 0.1) is 0 Å². The molecule has 2 rings (SSSR count). The Balaban J connectivity index is 2.46. The van der Waals surface area contributed by atoms with Crippen LogP contribution < -0.4 is 0 Å². The van der Waals surface area contributed by atoms with Gasteiger partial charge >= 0.3 is 0 Å². The largest absolute Gasteiger partial charge is 0.294 e. The molecule has 0 N–H and O–H groups in total. The fourth-order valence-electron chi connectivity index (χ4n) is 2.52. The van der Waals surface area contributed by atoms with E-state index in [1.807, 2.05) is 48.5 Å². The van der Waals surface area contributed by atoms with Crippen molar-refractivity contribution in [2.45, 2.75) is 26.7 Å². The molecule has 2 heteroatoms. The van der Waals surface area contributed by atoms with Gasteiger partial charge in [0, 0.05) is 12.8 Å². The number of ketones is 2. The van der Waals surface area contributed by atoms with E-state index in [-0.39, 0.29) is 11.6 Å². The lowest BCUT2D eigenvalue weighted by Crippen LogP contribution is -2.07. The SMILES string of the molecule is C=C(C)C(=O)Cc1ccccc1-c1ccccc1CC(=O)C(=C)C. The van der Waals surface area contributed by atoms with Crippen LogP contribution in [0.1, 0.15) is 25.0 Å². The van der Waals surface area contributed by atoms with Crippen molar-refractivity contribution in [1.82, 2.24) is 0 Å². The van der Waals surface area contributed by atoms with Gasteiger partial charge in [-0.05, 0) is 47.2 Å². The first-order valence-electron chi connectivity index (χ1n) is 7.93. The summed E-state index contributed by atoms with van der Waals surface area (Å²) in [5, 5.41) is 0. The average Bonchev–Trinajstić information content (AvgIpc) is 2.55. The number of Topliss-reactive ketones (excluding diaryl/α,β-unsaturated/α-hetero) is 2. The van der Waals surface area contributed by atoms with E-state index in [2.05, 4.69) is 13.2 Å². The molecule has 0 radical (unpaired) electrons. The van der Waals surface area contributed by atoms with E-state index in [9.17, 15) is 9.59 Å². The molecule has 0 aliphatic rings. The standard InChI is InChI=1S/C22H22O2/c1-15(2)21(23)13-17-9-5-7-11-19(17)20-12-8-6-10-18(20)14-22(24)16(3)4/h5-12H,1,3,13-14H2,2,4H3. The maximum Gasteiger partial charge on any atom is 0.162 e. The van der Waals surface area contributed by atoms with Crippen LogP contribution in [0, 0.1) is 0 Å². The second-order valence-corrected chi connectivity index (χ2v) is 6.07. The first-order chi connectivity index (χ1) is 11.4. The highest BCUT2D eigenvalue weighted by molar-refractivity contribution is 5.98. The third-order valence-corrected chi connectivity index (χ3v) is 3.98. The molecule has 0 fully saturated rings. The Morgan fingerprint density at radius 3 is 1.38 bits per heavy atom. The van der Waals surface area contributed by atoms with Gasteiger partial charge in [0.15, 0.2) is 11.6 Å². The first-order valence-corrected chi connectivity index (χ1v) is 7.93. The van der Waals surface area contributed by atoms with E-state index in [1.54, 1.807) is 13.8 Å². The highest BCUT2D eigenvalue weighted by Gasteiger charge is 2.14. The smallest absolute Gasteiger partial charge is 0.162 e. The van der Waals surface area contributed by atoms with Crippen LogP contribution in [0.3, 0.4) is 0 Å². The Labute approximate surface area is 143 Å². The van der Waals surface area contributed by atoms with Gasteiger partial charge in [-0.15, -0.1) is 0 Å². The van der Waals surface area contributed by atoms with Gasteiger partial charge < -0.3 is 0 Å². The summed E-state index contributed by atoms with van der Waals surface area (Å²) in [4.78, 5) is 24.2. The second-order valence-electron chi connectivity index (χ2n) is 6.07. The molecule has 0 saturated heterocycles. The minimum atomic E-state index is 0.0259. The molecule has 2 aromatic rings. The maximum absolute atomic E-state index is 12.1. The Morgan fingerprint density at radius 1 is 0.708 bits per heavy atom. The Bertz CT molecular complexity index is 743. The molecule has 0 aliphatic carbocycles. The van der Waals surface area contributed by atoms with Crippen LogP contribution in [-0.2, 0) is 22.4 Å². The molecular weight excluding hydrogens is 296 g/mol. The lowest BCUT2D eigenvalue weighted by molar-refractivity contribution is -0.115. The van der Waals surface area contributed by atoms with Gasteiger partial charge in [-0.2, -0.15) is 0 Å². The quantitative estimate of drug-likeness (QED) is 0.692. The predicted octanol–water partition coefficient (Wildman–Crippen LogP) is 4.73. The number of carbonyl (C=O) groups is 2. The number of benzene rings is 2. The number of rotatable bonds is 7. The van der Waals surface area contributed by atoms with Crippen molar-refractivity contribution in [1.29, 1.82) is 0 Å². The fourth-order valence-corrected chi connectivity index (χ4v) is 2.52. The number of hydrogen-bond acceptors (Lipinski definition) is 2. The Kier molecular flexibility index (Phi) is 5.64. The molecule has 122 valence electrons. The van der Waals surface area contributed by atoms with Crippen molar-refractivity contribution in [2.24, 2.45) is 0 Å². The molecule has 0 aromatic heterocycles. The van der Waals surface area contributed by atoms with Crippen LogP contribution in [0.2, 0.25) is 0 Å². The number of hydrogen-bond donors (Lipinski definition) is 0. The summed E-state index contributed by atoms with van der Waals surface area (Å²) < 4.78 is 0. The van der Waals surface area contributed by atoms with Crippen LogP contribution in [0.25, 0.3) is 11.1 Å². The highest BCUT2D eigenvalue weighted by Crippen LogP contribution is 2.28. The van der Waals surface area contributed by atoms with E-state index in [0.717, 1.165) is 22.3 Å². The van der Waals surface area contributed by atoms with Crippen LogP contribution in [0.5, 0.6) is 0 Å². The van der Waals surface area contributed by atoms with Crippen LogP contribution >= 0.6 is 0 Å².